The molecule has 0 radical (unpaired) electrons. The summed E-state index contributed by atoms with van der Waals surface area (Å²) in [5.74, 6) is 0.606. The third-order valence-electron chi connectivity index (χ3n) is 2.52. The van der Waals surface area contributed by atoms with E-state index in [2.05, 4.69) is 20.5 Å². The van der Waals surface area contributed by atoms with E-state index in [4.69, 9.17) is 11.6 Å². The molecule has 2 aromatic heterocycles. The van der Waals surface area contributed by atoms with Crippen LogP contribution in [0.2, 0.25) is 5.02 Å². The summed E-state index contributed by atoms with van der Waals surface area (Å²) >= 11 is 5.76. The second-order valence-electron chi connectivity index (χ2n) is 4.05. The Morgan fingerprint density at radius 2 is 2.32 bits per heavy atom. The quantitative estimate of drug-likeness (QED) is 0.863. The van der Waals surface area contributed by atoms with Gasteiger partial charge in [0.2, 0.25) is 5.91 Å². The fourth-order valence-corrected chi connectivity index (χ4v) is 1.63. The van der Waals surface area contributed by atoms with E-state index >= 15 is 0 Å². The molecule has 100 valence electrons. The standard InChI is InChI=1S/C12H14ClN5O/c1-18(11-3-2-9(13)6-14-11)8-12(19)15-7-10-4-5-16-17-10/h2-6H,7-8H2,1H3,(H,15,19)(H,16,17). The first-order chi connectivity index (χ1) is 9.15. The zero-order valence-corrected chi connectivity index (χ0v) is 11.2. The molecule has 0 spiro atoms. The van der Waals surface area contributed by atoms with Gasteiger partial charge >= 0.3 is 0 Å². The lowest BCUT2D eigenvalue weighted by Gasteiger charge is -2.17. The average Bonchev–Trinajstić information content (AvgIpc) is 2.90. The van der Waals surface area contributed by atoms with Crippen LogP contribution in [0, 0.1) is 0 Å². The van der Waals surface area contributed by atoms with Gasteiger partial charge in [0, 0.05) is 19.4 Å². The number of likely N-dealkylation sites (N-methyl/N-ethyl adjacent to an activating group) is 1. The first-order valence-corrected chi connectivity index (χ1v) is 6.10. The Labute approximate surface area is 115 Å². The fourth-order valence-electron chi connectivity index (χ4n) is 1.52. The van der Waals surface area contributed by atoms with E-state index in [9.17, 15) is 4.79 Å². The molecule has 7 heteroatoms. The number of aromatic nitrogens is 3. The summed E-state index contributed by atoms with van der Waals surface area (Å²) in [5, 5.41) is 9.95. The van der Waals surface area contributed by atoms with Crippen LogP contribution in [0.1, 0.15) is 5.69 Å². The van der Waals surface area contributed by atoms with Crippen LogP contribution in [0.25, 0.3) is 0 Å². The Balaban J connectivity index is 1.83. The molecule has 2 rings (SSSR count). The Morgan fingerprint density at radius 1 is 1.47 bits per heavy atom. The molecule has 0 aliphatic carbocycles. The van der Waals surface area contributed by atoms with E-state index in [0.717, 1.165) is 5.69 Å². The summed E-state index contributed by atoms with van der Waals surface area (Å²) in [7, 11) is 1.80. The van der Waals surface area contributed by atoms with Crippen molar-refractivity contribution in [2.45, 2.75) is 6.54 Å². The first kappa shape index (κ1) is 13.4. The lowest BCUT2D eigenvalue weighted by molar-refractivity contribution is -0.119. The SMILES string of the molecule is CN(CC(=O)NCc1ccn[nH]1)c1ccc(Cl)cn1. The smallest absolute Gasteiger partial charge is 0.239 e. The van der Waals surface area contributed by atoms with Gasteiger partial charge in [0.1, 0.15) is 5.82 Å². The molecular weight excluding hydrogens is 266 g/mol. The van der Waals surface area contributed by atoms with Gasteiger partial charge in [-0.3, -0.25) is 9.89 Å². The first-order valence-electron chi connectivity index (χ1n) is 5.73. The van der Waals surface area contributed by atoms with Crippen molar-refractivity contribution < 1.29 is 4.79 Å². The van der Waals surface area contributed by atoms with Crippen LogP contribution in [-0.4, -0.2) is 34.7 Å². The lowest BCUT2D eigenvalue weighted by Crippen LogP contribution is -2.35. The van der Waals surface area contributed by atoms with E-state index < -0.39 is 0 Å². The minimum atomic E-state index is -0.0890. The van der Waals surface area contributed by atoms with Crippen LogP contribution >= 0.6 is 11.6 Å². The van der Waals surface area contributed by atoms with Crippen molar-refractivity contribution in [3.63, 3.8) is 0 Å². The minimum absolute atomic E-state index is 0.0890. The lowest BCUT2D eigenvalue weighted by atomic mass is 10.4. The number of anilines is 1. The highest BCUT2D eigenvalue weighted by atomic mass is 35.5. The highest BCUT2D eigenvalue weighted by molar-refractivity contribution is 6.30. The molecule has 2 heterocycles. The summed E-state index contributed by atoms with van der Waals surface area (Å²) in [4.78, 5) is 17.6. The van der Waals surface area contributed by atoms with E-state index in [0.29, 0.717) is 17.4 Å². The molecule has 0 atom stereocenters. The molecule has 19 heavy (non-hydrogen) atoms. The molecule has 0 unspecified atom stereocenters. The molecule has 1 amide bonds. The molecule has 2 aromatic rings. The van der Waals surface area contributed by atoms with Gasteiger partial charge in [0.25, 0.3) is 0 Å². The molecule has 0 bridgehead atoms. The molecule has 6 nitrogen and oxygen atoms in total. The van der Waals surface area contributed by atoms with Crippen molar-refractivity contribution in [3.05, 3.63) is 41.3 Å². The summed E-state index contributed by atoms with van der Waals surface area (Å²) < 4.78 is 0. The molecule has 0 saturated heterocycles. The predicted molar refractivity (Wildman–Crippen MR) is 73.0 cm³/mol. The predicted octanol–water partition coefficient (Wildman–Crippen LogP) is 1.21. The van der Waals surface area contributed by atoms with Crippen LogP contribution in [0.5, 0.6) is 0 Å². The van der Waals surface area contributed by atoms with E-state index in [1.807, 2.05) is 6.07 Å². The Kier molecular flexibility index (Phi) is 4.35. The molecule has 0 aromatic carbocycles. The van der Waals surface area contributed by atoms with Crippen molar-refractivity contribution in [1.29, 1.82) is 0 Å². The van der Waals surface area contributed by atoms with Crippen LogP contribution in [0.15, 0.2) is 30.6 Å². The van der Waals surface area contributed by atoms with Gasteiger partial charge < -0.3 is 10.2 Å². The second-order valence-corrected chi connectivity index (χ2v) is 4.49. The molecule has 0 aliphatic rings. The number of halogens is 1. The Bertz CT molecular complexity index is 526. The summed E-state index contributed by atoms with van der Waals surface area (Å²) in [6, 6.07) is 5.32. The average molecular weight is 280 g/mol. The van der Waals surface area contributed by atoms with E-state index in [1.54, 1.807) is 36.5 Å². The zero-order valence-electron chi connectivity index (χ0n) is 10.4. The van der Waals surface area contributed by atoms with Crippen LogP contribution < -0.4 is 10.2 Å². The summed E-state index contributed by atoms with van der Waals surface area (Å²) in [5.41, 5.74) is 0.862. The Hall–Kier alpha value is -2.08. The number of rotatable bonds is 5. The number of amides is 1. The van der Waals surface area contributed by atoms with Gasteiger partial charge in [0.05, 0.1) is 23.8 Å². The van der Waals surface area contributed by atoms with Crippen LogP contribution in [0.3, 0.4) is 0 Å². The number of nitrogens with one attached hydrogen (secondary N) is 2. The molecule has 0 saturated carbocycles. The highest BCUT2D eigenvalue weighted by Gasteiger charge is 2.08. The molecule has 0 aliphatic heterocycles. The van der Waals surface area contributed by atoms with E-state index in [-0.39, 0.29) is 12.5 Å². The van der Waals surface area contributed by atoms with Crippen molar-refractivity contribution in [3.8, 4) is 0 Å². The van der Waals surface area contributed by atoms with Crippen molar-refractivity contribution in [1.82, 2.24) is 20.5 Å². The van der Waals surface area contributed by atoms with E-state index in [1.165, 1.54) is 0 Å². The Morgan fingerprint density at radius 3 is 2.95 bits per heavy atom. The largest absolute Gasteiger partial charge is 0.350 e. The third kappa shape index (κ3) is 3.96. The fraction of sp³-hybridized carbons (Fsp3) is 0.250. The van der Waals surface area contributed by atoms with Crippen molar-refractivity contribution >= 4 is 23.3 Å². The van der Waals surface area contributed by atoms with Crippen molar-refractivity contribution in [2.24, 2.45) is 0 Å². The maximum atomic E-state index is 11.7. The maximum absolute atomic E-state index is 11.7. The van der Waals surface area contributed by atoms with Crippen molar-refractivity contribution in [2.75, 3.05) is 18.5 Å². The van der Waals surface area contributed by atoms with Gasteiger partial charge in [-0.15, -0.1) is 0 Å². The number of nitrogens with zero attached hydrogens (tertiary/aromatic N) is 3. The topological polar surface area (TPSA) is 73.9 Å². The number of carbonyl (C=O) groups excluding carboxylic acids is 1. The van der Waals surface area contributed by atoms with Gasteiger partial charge in [-0.1, -0.05) is 11.6 Å². The van der Waals surface area contributed by atoms with Crippen LogP contribution in [0.4, 0.5) is 5.82 Å². The number of hydrogen-bond acceptors (Lipinski definition) is 4. The number of hydrogen-bond donors (Lipinski definition) is 2. The molecule has 0 fully saturated rings. The number of carbonyl (C=O) groups is 1. The highest BCUT2D eigenvalue weighted by Crippen LogP contribution is 2.12. The van der Waals surface area contributed by atoms with Crippen LogP contribution in [-0.2, 0) is 11.3 Å². The zero-order chi connectivity index (χ0) is 13.7. The summed E-state index contributed by atoms with van der Waals surface area (Å²) in [6.07, 6.45) is 3.20. The third-order valence-corrected chi connectivity index (χ3v) is 2.74. The minimum Gasteiger partial charge on any atom is -0.350 e. The monoisotopic (exact) mass is 279 g/mol. The van der Waals surface area contributed by atoms with Gasteiger partial charge in [-0.05, 0) is 18.2 Å². The second kappa shape index (κ2) is 6.19. The van der Waals surface area contributed by atoms with Gasteiger partial charge in [0.15, 0.2) is 0 Å². The maximum Gasteiger partial charge on any atom is 0.239 e. The summed E-state index contributed by atoms with van der Waals surface area (Å²) in [6.45, 7) is 0.656. The number of pyridine rings is 1. The van der Waals surface area contributed by atoms with Gasteiger partial charge in [-0.2, -0.15) is 5.10 Å². The number of aromatic amines is 1. The molecule has 2 N–H and O–H groups in total. The van der Waals surface area contributed by atoms with Gasteiger partial charge in [-0.25, -0.2) is 4.98 Å². The number of H-pyrrole nitrogens is 1. The normalized spacial score (nSPS) is 10.2. The molecular formula is C12H14ClN5O.